The molecular formula is C15H23NO3. The van der Waals surface area contributed by atoms with Crippen LogP contribution in [0.3, 0.4) is 0 Å². The van der Waals surface area contributed by atoms with Crippen molar-refractivity contribution >= 4 is 5.97 Å². The summed E-state index contributed by atoms with van der Waals surface area (Å²) in [6.45, 7) is 5.84. The quantitative estimate of drug-likeness (QED) is 0.579. The maximum absolute atomic E-state index is 11.3. The van der Waals surface area contributed by atoms with E-state index in [4.69, 9.17) is 9.47 Å². The highest BCUT2D eigenvalue weighted by molar-refractivity contribution is 5.69. The largest absolute Gasteiger partial charge is 0.497 e. The van der Waals surface area contributed by atoms with E-state index in [-0.39, 0.29) is 5.97 Å². The van der Waals surface area contributed by atoms with Gasteiger partial charge < -0.3 is 14.8 Å². The lowest BCUT2D eigenvalue weighted by Gasteiger charge is -2.08. The second-order valence-corrected chi connectivity index (χ2v) is 4.84. The van der Waals surface area contributed by atoms with Crippen LogP contribution in [-0.2, 0) is 16.1 Å². The smallest absolute Gasteiger partial charge is 0.306 e. The number of ether oxygens (including phenoxy) is 2. The van der Waals surface area contributed by atoms with Crippen molar-refractivity contribution in [3.8, 4) is 5.75 Å². The minimum atomic E-state index is -0.124. The average Bonchev–Trinajstić information content (AvgIpc) is 2.38. The minimum Gasteiger partial charge on any atom is -0.497 e. The lowest BCUT2D eigenvalue weighted by Crippen LogP contribution is -2.21. The highest BCUT2D eigenvalue weighted by Gasteiger charge is 2.05. The van der Waals surface area contributed by atoms with E-state index in [2.05, 4.69) is 5.32 Å². The fraction of sp³-hybridized carbons (Fsp3) is 0.533. The molecule has 0 spiro atoms. The Morgan fingerprint density at radius 2 is 1.95 bits per heavy atom. The van der Waals surface area contributed by atoms with Crippen LogP contribution in [0.4, 0.5) is 0 Å². The zero-order chi connectivity index (χ0) is 14.1. The third-order valence-electron chi connectivity index (χ3n) is 2.60. The molecule has 1 N–H and O–H groups in total. The van der Waals surface area contributed by atoms with Crippen LogP contribution in [0.15, 0.2) is 24.3 Å². The first-order valence-electron chi connectivity index (χ1n) is 6.61. The molecule has 0 radical (unpaired) electrons. The van der Waals surface area contributed by atoms with Crippen molar-refractivity contribution in [2.45, 2.75) is 26.8 Å². The van der Waals surface area contributed by atoms with Gasteiger partial charge in [0.2, 0.25) is 0 Å². The molecule has 1 aromatic rings. The fourth-order valence-electron chi connectivity index (χ4n) is 1.61. The topological polar surface area (TPSA) is 47.6 Å². The van der Waals surface area contributed by atoms with Gasteiger partial charge in [-0.05, 0) is 23.6 Å². The average molecular weight is 265 g/mol. The predicted octanol–water partition coefficient (Wildman–Crippen LogP) is 2.37. The third kappa shape index (κ3) is 6.82. The molecule has 0 unspecified atom stereocenters. The van der Waals surface area contributed by atoms with Gasteiger partial charge in [0, 0.05) is 19.5 Å². The molecule has 0 aliphatic rings. The Balaban J connectivity index is 2.11. The molecule has 1 rings (SSSR count). The number of esters is 1. The van der Waals surface area contributed by atoms with Crippen LogP contribution in [0, 0.1) is 5.92 Å². The molecule has 4 nitrogen and oxygen atoms in total. The summed E-state index contributed by atoms with van der Waals surface area (Å²) < 4.78 is 10.2. The molecule has 0 fully saturated rings. The summed E-state index contributed by atoms with van der Waals surface area (Å²) >= 11 is 0. The summed E-state index contributed by atoms with van der Waals surface area (Å²) in [6, 6.07) is 7.88. The van der Waals surface area contributed by atoms with Crippen LogP contribution in [0.2, 0.25) is 0 Å². The summed E-state index contributed by atoms with van der Waals surface area (Å²) in [5.74, 6) is 1.08. The Morgan fingerprint density at radius 3 is 2.53 bits per heavy atom. The molecule has 0 atom stereocenters. The Hall–Kier alpha value is -1.55. The van der Waals surface area contributed by atoms with Gasteiger partial charge in [0.1, 0.15) is 12.4 Å². The molecule has 19 heavy (non-hydrogen) atoms. The number of benzene rings is 1. The highest BCUT2D eigenvalue weighted by atomic mass is 16.5. The predicted molar refractivity (Wildman–Crippen MR) is 75.1 cm³/mol. The van der Waals surface area contributed by atoms with Crippen molar-refractivity contribution in [2.24, 2.45) is 5.92 Å². The SMILES string of the molecule is COc1ccc(CNCCOC(=O)CC(C)C)cc1. The zero-order valence-electron chi connectivity index (χ0n) is 11.9. The van der Waals surface area contributed by atoms with Crippen LogP contribution >= 0.6 is 0 Å². The van der Waals surface area contributed by atoms with E-state index in [9.17, 15) is 4.79 Å². The van der Waals surface area contributed by atoms with Gasteiger partial charge in [-0.25, -0.2) is 0 Å². The van der Waals surface area contributed by atoms with Crippen molar-refractivity contribution in [3.63, 3.8) is 0 Å². The summed E-state index contributed by atoms with van der Waals surface area (Å²) in [7, 11) is 1.65. The summed E-state index contributed by atoms with van der Waals surface area (Å²) in [5.41, 5.74) is 1.18. The van der Waals surface area contributed by atoms with Crippen LogP contribution in [-0.4, -0.2) is 26.2 Å². The first-order chi connectivity index (χ1) is 9.11. The van der Waals surface area contributed by atoms with Crippen LogP contribution < -0.4 is 10.1 Å². The molecule has 0 saturated heterocycles. The molecule has 106 valence electrons. The Labute approximate surface area is 115 Å². The normalized spacial score (nSPS) is 10.5. The molecule has 0 saturated carbocycles. The van der Waals surface area contributed by atoms with Gasteiger partial charge in [-0.15, -0.1) is 0 Å². The zero-order valence-corrected chi connectivity index (χ0v) is 11.9. The number of hydrogen-bond donors (Lipinski definition) is 1. The lowest BCUT2D eigenvalue weighted by atomic mass is 10.1. The first-order valence-corrected chi connectivity index (χ1v) is 6.61. The Bertz CT molecular complexity index is 373. The second kappa shape index (κ2) is 8.53. The molecule has 0 aromatic heterocycles. The Morgan fingerprint density at radius 1 is 1.26 bits per heavy atom. The molecule has 1 aromatic carbocycles. The van der Waals surface area contributed by atoms with Gasteiger partial charge in [-0.1, -0.05) is 26.0 Å². The number of nitrogens with one attached hydrogen (secondary N) is 1. The number of carbonyl (C=O) groups excluding carboxylic acids is 1. The maximum atomic E-state index is 11.3. The van der Waals surface area contributed by atoms with E-state index in [1.165, 1.54) is 5.56 Å². The number of methoxy groups -OCH3 is 1. The first kappa shape index (κ1) is 15.5. The minimum absolute atomic E-state index is 0.124. The van der Waals surface area contributed by atoms with E-state index in [1.807, 2.05) is 38.1 Å². The molecule has 0 aliphatic carbocycles. The molecule has 0 amide bonds. The molecule has 0 bridgehead atoms. The monoisotopic (exact) mass is 265 g/mol. The molecular weight excluding hydrogens is 242 g/mol. The summed E-state index contributed by atoms with van der Waals surface area (Å²) in [4.78, 5) is 11.3. The van der Waals surface area contributed by atoms with E-state index in [0.717, 1.165) is 12.3 Å². The van der Waals surface area contributed by atoms with Gasteiger partial charge in [0.05, 0.1) is 7.11 Å². The van der Waals surface area contributed by atoms with Crippen LogP contribution in [0.1, 0.15) is 25.8 Å². The van der Waals surface area contributed by atoms with Crippen molar-refractivity contribution in [1.82, 2.24) is 5.32 Å². The van der Waals surface area contributed by atoms with Crippen molar-refractivity contribution in [1.29, 1.82) is 0 Å². The van der Waals surface area contributed by atoms with Gasteiger partial charge in [0.15, 0.2) is 0 Å². The number of carbonyl (C=O) groups is 1. The number of hydrogen-bond acceptors (Lipinski definition) is 4. The highest BCUT2D eigenvalue weighted by Crippen LogP contribution is 2.10. The maximum Gasteiger partial charge on any atom is 0.306 e. The van der Waals surface area contributed by atoms with E-state index in [1.54, 1.807) is 7.11 Å². The standard InChI is InChI=1S/C15H23NO3/c1-12(2)10-15(17)19-9-8-16-11-13-4-6-14(18-3)7-5-13/h4-7,12,16H,8-11H2,1-3H3. The molecule has 4 heteroatoms. The van der Waals surface area contributed by atoms with Gasteiger partial charge in [-0.2, -0.15) is 0 Å². The van der Waals surface area contributed by atoms with Crippen LogP contribution in [0.25, 0.3) is 0 Å². The van der Waals surface area contributed by atoms with Gasteiger partial charge in [0.25, 0.3) is 0 Å². The van der Waals surface area contributed by atoms with Crippen LogP contribution in [0.5, 0.6) is 5.75 Å². The second-order valence-electron chi connectivity index (χ2n) is 4.84. The molecule has 0 aliphatic heterocycles. The summed E-state index contributed by atoms with van der Waals surface area (Å²) in [5, 5.41) is 3.23. The van der Waals surface area contributed by atoms with Gasteiger partial charge >= 0.3 is 5.97 Å². The van der Waals surface area contributed by atoms with E-state index < -0.39 is 0 Å². The van der Waals surface area contributed by atoms with Crippen molar-refractivity contribution in [2.75, 3.05) is 20.3 Å². The Kier molecular flexibility index (Phi) is 6.97. The molecule has 0 heterocycles. The van der Waals surface area contributed by atoms with Crippen molar-refractivity contribution in [3.05, 3.63) is 29.8 Å². The van der Waals surface area contributed by atoms with E-state index in [0.29, 0.717) is 25.5 Å². The summed E-state index contributed by atoms with van der Waals surface area (Å²) in [6.07, 6.45) is 0.485. The van der Waals surface area contributed by atoms with Gasteiger partial charge in [-0.3, -0.25) is 4.79 Å². The third-order valence-corrected chi connectivity index (χ3v) is 2.60. The van der Waals surface area contributed by atoms with Crippen molar-refractivity contribution < 1.29 is 14.3 Å². The number of rotatable bonds is 8. The lowest BCUT2D eigenvalue weighted by molar-refractivity contribution is -0.144. The fourth-order valence-corrected chi connectivity index (χ4v) is 1.61. The van der Waals surface area contributed by atoms with E-state index >= 15 is 0 Å².